The van der Waals surface area contributed by atoms with E-state index in [0.29, 0.717) is 16.8 Å². The molecule has 1 N–H and O–H groups in total. The van der Waals surface area contributed by atoms with Gasteiger partial charge in [-0.1, -0.05) is 32.0 Å². The van der Waals surface area contributed by atoms with Crippen molar-refractivity contribution in [3.63, 3.8) is 0 Å². The van der Waals surface area contributed by atoms with E-state index in [0.717, 1.165) is 22.4 Å². The van der Waals surface area contributed by atoms with Gasteiger partial charge in [-0.2, -0.15) is 0 Å². The van der Waals surface area contributed by atoms with Crippen molar-refractivity contribution in [1.82, 2.24) is 4.98 Å². The Morgan fingerprint density at radius 3 is 2.32 bits per heavy atom. The summed E-state index contributed by atoms with van der Waals surface area (Å²) in [6, 6.07) is 13.8. The SMILES string of the molecule is COc1cc(C)c(/C(O)=C2\C(=O)C(=O)N(c3ccccc3C)C2c2ccncc2)cc1C(C)C. The molecule has 0 bridgehead atoms. The average Bonchev–Trinajstić information content (AvgIpc) is 3.09. The molecule has 1 fully saturated rings. The largest absolute Gasteiger partial charge is 0.507 e. The molecule has 1 unspecified atom stereocenters. The number of hydrogen-bond donors (Lipinski definition) is 1. The summed E-state index contributed by atoms with van der Waals surface area (Å²) in [5.74, 6) is -0.738. The number of amides is 1. The quantitative estimate of drug-likeness (QED) is 0.313. The molecule has 4 rings (SSSR count). The molecule has 1 aliphatic rings. The van der Waals surface area contributed by atoms with Gasteiger partial charge in [0.25, 0.3) is 11.7 Å². The lowest BCUT2D eigenvalue weighted by atomic mass is 9.91. The summed E-state index contributed by atoms with van der Waals surface area (Å²) in [4.78, 5) is 32.3. The third kappa shape index (κ3) is 3.85. The van der Waals surface area contributed by atoms with Gasteiger partial charge < -0.3 is 9.84 Å². The minimum absolute atomic E-state index is 0.0578. The van der Waals surface area contributed by atoms with Gasteiger partial charge in [-0.25, -0.2) is 0 Å². The second-order valence-electron chi connectivity index (χ2n) is 8.80. The number of aliphatic hydroxyl groups is 1. The van der Waals surface area contributed by atoms with Crippen molar-refractivity contribution in [3.05, 3.63) is 94.3 Å². The van der Waals surface area contributed by atoms with Crippen LogP contribution in [0.5, 0.6) is 5.75 Å². The van der Waals surface area contributed by atoms with Crippen LogP contribution in [0.15, 0.2) is 66.5 Å². The van der Waals surface area contributed by atoms with Crippen LogP contribution in [0.3, 0.4) is 0 Å². The predicted molar refractivity (Wildman–Crippen MR) is 132 cm³/mol. The number of pyridine rings is 1. The van der Waals surface area contributed by atoms with Gasteiger partial charge in [-0.05, 0) is 72.4 Å². The number of carbonyl (C=O) groups excluding carboxylic acids is 2. The van der Waals surface area contributed by atoms with Gasteiger partial charge in [-0.3, -0.25) is 19.5 Å². The first-order chi connectivity index (χ1) is 16.3. The minimum Gasteiger partial charge on any atom is -0.507 e. The van der Waals surface area contributed by atoms with Crippen molar-refractivity contribution in [3.8, 4) is 5.75 Å². The maximum absolute atomic E-state index is 13.4. The molecule has 0 radical (unpaired) electrons. The summed E-state index contributed by atoms with van der Waals surface area (Å²) in [6.07, 6.45) is 3.23. The van der Waals surface area contributed by atoms with Crippen LogP contribution in [-0.4, -0.2) is 28.9 Å². The van der Waals surface area contributed by atoms with E-state index in [9.17, 15) is 14.7 Å². The van der Waals surface area contributed by atoms with Gasteiger partial charge in [0.15, 0.2) is 0 Å². The van der Waals surface area contributed by atoms with E-state index in [-0.39, 0.29) is 17.3 Å². The molecule has 2 heterocycles. The topological polar surface area (TPSA) is 79.7 Å². The number of ether oxygens (including phenoxy) is 1. The van der Waals surface area contributed by atoms with Crippen molar-refractivity contribution < 1.29 is 19.4 Å². The lowest BCUT2D eigenvalue weighted by Gasteiger charge is -2.27. The summed E-state index contributed by atoms with van der Waals surface area (Å²) in [5, 5.41) is 11.5. The number of anilines is 1. The minimum atomic E-state index is -0.784. The van der Waals surface area contributed by atoms with Gasteiger partial charge in [0.2, 0.25) is 0 Å². The molecule has 2 aromatic carbocycles. The van der Waals surface area contributed by atoms with Crippen molar-refractivity contribution in [2.24, 2.45) is 0 Å². The first kappa shape index (κ1) is 23.2. The molecule has 1 atom stereocenters. The molecule has 6 nitrogen and oxygen atoms in total. The molecule has 1 aliphatic heterocycles. The van der Waals surface area contributed by atoms with E-state index in [4.69, 9.17) is 4.74 Å². The molecule has 6 heteroatoms. The molecular formula is C28H28N2O4. The summed E-state index contributed by atoms with van der Waals surface area (Å²) in [5.41, 5.74) is 4.38. The number of aryl methyl sites for hydroxylation is 2. The van der Waals surface area contributed by atoms with Crippen LogP contribution in [0.2, 0.25) is 0 Å². The fraction of sp³-hybridized carbons (Fsp3) is 0.250. The maximum atomic E-state index is 13.4. The molecule has 1 aromatic heterocycles. The molecule has 174 valence electrons. The standard InChI is InChI=1S/C28H28N2O4/c1-16(2)20-15-21(18(4)14-23(20)34-5)26(31)24-25(19-10-12-29-13-11-19)30(28(33)27(24)32)22-9-7-6-8-17(22)3/h6-16,25,31H,1-5H3/b26-24+. The van der Waals surface area contributed by atoms with Crippen molar-refractivity contribution >= 4 is 23.1 Å². The lowest BCUT2D eigenvalue weighted by molar-refractivity contribution is -0.132. The van der Waals surface area contributed by atoms with E-state index >= 15 is 0 Å². The number of hydrogen-bond acceptors (Lipinski definition) is 5. The zero-order chi connectivity index (χ0) is 24.6. The Morgan fingerprint density at radius 1 is 1.03 bits per heavy atom. The maximum Gasteiger partial charge on any atom is 0.300 e. The third-order valence-electron chi connectivity index (χ3n) is 6.30. The van der Waals surface area contributed by atoms with E-state index in [1.807, 2.05) is 64.1 Å². The number of ketones is 1. The molecule has 0 aliphatic carbocycles. The molecule has 1 saturated heterocycles. The summed E-state index contributed by atoms with van der Waals surface area (Å²) in [6.45, 7) is 7.80. The Balaban J connectivity index is 1.99. The smallest absolute Gasteiger partial charge is 0.300 e. The number of para-hydroxylation sites is 1. The molecule has 34 heavy (non-hydrogen) atoms. The number of rotatable bonds is 5. The highest BCUT2D eigenvalue weighted by atomic mass is 16.5. The Labute approximate surface area is 199 Å². The van der Waals surface area contributed by atoms with E-state index in [1.165, 1.54) is 4.90 Å². The third-order valence-corrected chi connectivity index (χ3v) is 6.30. The monoisotopic (exact) mass is 456 g/mol. The lowest BCUT2D eigenvalue weighted by Crippen LogP contribution is -2.30. The van der Waals surface area contributed by atoms with Crippen LogP contribution < -0.4 is 9.64 Å². The van der Waals surface area contributed by atoms with Crippen LogP contribution in [0.4, 0.5) is 5.69 Å². The van der Waals surface area contributed by atoms with Gasteiger partial charge in [-0.15, -0.1) is 0 Å². The Morgan fingerprint density at radius 2 is 1.71 bits per heavy atom. The Hall–Kier alpha value is -3.93. The normalized spacial score (nSPS) is 17.5. The average molecular weight is 457 g/mol. The van der Waals surface area contributed by atoms with Gasteiger partial charge >= 0.3 is 0 Å². The van der Waals surface area contributed by atoms with Crippen molar-refractivity contribution in [2.75, 3.05) is 12.0 Å². The number of methoxy groups -OCH3 is 1. The fourth-order valence-corrected chi connectivity index (χ4v) is 4.50. The van der Waals surface area contributed by atoms with Crippen molar-refractivity contribution in [2.45, 2.75) is 39.7 Å². The van der Waals surface area contributed by atoms with E-state index in [1.54, 1.807) is 31.6 Å². The zero-order valence-electron chi connectivity index (χ0n) is 20.0. The second-order valence-corrected chi connectivity index (χ2v) is 8.80. The zero-order valence-corrected chi connectivity index (χ0v) is 20.0. The van der Waals surface area contributed by atoms with Crippen LogP contribution in [0.25, 0.3) is 5.76 Å². The summed E-state index contributed by atoms with van der Waals surface area (Å²) in [7, 11) is 1.61. The molecule has 0 spiro atoms. The van der Waals surface area contributed by atoms with Gasteiger partial charge in [0.05, 0.1) is 18.7 Å². The van der Waals surface area contributed by atoms with Crippen LogP contribution in [-0.2, 0) is 9.59 Å². The highest BCUT2D eigenvalue weighted by Crippen LogP contribution is 2.44. The molecule has 3 aromatic rings. The number of aromatic nitrogens is 1. The van der Waals surface area contributed by atoms with E-state index < -0.39 is 17.7 Å². The van der Waals surface area contributed by atoms with Gasteiger partial charge in [0, 0.05) is 23.6 Å². The first-order valence-corrected chi connectivity index (χ1v) is 11.2. The van der Waals surface area contributed by atoms with Gasteiger partial charge in [0.1, 0.15) is 11.5 Å². The van der Waals surface area contributed by atoms with Crippen molar-refractivity contribution in [1.29, 1.82) is 0 Å². The second kappa shape index (κ2) is 9.14. The number of aliphatic hydroxyl groups excluding tert-OH is 1. The molecule has 1 amide bonds. The number of nitrogens with zero attached hydrogens (tertiary/aromatic N) is 2. The number of Topliss-reactive ketones (excluding diaryl/α,β-unsaturated/α-hetero) is 1. The number of carbonyl (C=O) groups is 2. The molecule has 0 saturated carbocycles. The highest BCUT2D eigenvalue weighted by molar-refractivity contribution is 6.51. The van der Waals surface area contributed by atoms with Crippen LogP contribution in [0, 0.1) is 13.8 Å². The van der Waals surface area contributed by atoms with E-state index in [2.05, 4.69) is 4.98 Å². The summed E-state index contributed by atoms with van der Waals surface area (Å²) >= 11 is 0. The first-order valence-electron chi connectivity index (χ1n) is 11.2. The highest BCUT2D eigenvalue weighted by Gasteiger charge is 2.47. The Bertz CT molecular complexity index is 1300. The van der Waals surface area contributed by atoms with Crippen LogP contribution in [0.1, 0.15) is 53.6 Å². The Kier molecular flexibility index (Phi) is 6.24. The molecular weight excluding hydrogens is 428 g/mol. The summed E-state index contributed by atoms with van der Waals surface area (Å²) < 4.78 is 5.53. The predicted octanol–water partition coefficient (Wildman–Crippen LogP) is 5.46. The fourth-order valence-electron chi connectivity index (χ4n) is 4.50. The van der Waals surface area contributed by atoms with Crippen LogP contribution >= 0.6 is 0 Å². The number of benzene rings is 2.